The number of nitrogens with one attached hydrogen (secondary N) is 1. The van der Waals surface area contributed by atoms with Crippen molar-refractivity contribution in [2.75, 3.05) is 13.1 Å². The van der Waals surface area contributed by atoms with Gasteiger partial charge in [-0.15, -0.1) is 0 Å². The first-order chi connectivity index (χ1) is 13.0. The number of hydrogen-bond donors (Lipinski definition) is 2. The van der Waals surface area contributed by atoms with Crippen LogP contribution in [0.2, 0.25) is 0 Å². The predicted molar refractivity (Wildman–Crippen MR) is 105 cm³/mol. The second kappa shape index (κ2) is 8.50. The standard InChI is InChI=1S/C21H28N4O2/c1-15-19(16(2)24(3)22-15)12-14-25-13-4-5-20(25)18-9-6-17(7-10-18)8-11-21(26)23-27/h6-11,20,27H,4-5,12-14H2,1-3H3,(H,23,26)/b11-8+. The third-order valence-electron chi connectivity index (χ3n) is 5.53. The Morgan fingerprint density at radius 3 is 2.70 bits per heavy atom. The van der Waals surface area contributed by atoms with Gasteiger partial charge in [-0.25, -0.2) is 5.48 Å². The highest BCUT2D eigenvalue weighted by atomic mass is 16.5. The van der Waals surface area contributed by atoms with Gasteiger partial charge in [0.1, 0.15) is 0 Å². The molecule has 27 heavy (non-hydrogen) atoms. The first-order valence-electron chi connectivity index (χ1n) is 9.45. The van der Waals surface area contributed by atoms with E-state index in [0.29, 0.717) is 6.04 Å². The smallest absolute Gasteiger partial charge is 0.267 e. The zero-order valence-electron chi connectivity index (χ0n) is 16.3. The number of carbonyl (C=O) groups is 1. The maximum absolute atomic E-state index is 11.1. The van der Waals surface area contributed by atoms with Crippen molar-refractivity contribution in [1.82, 2.24) is 20.2 Å². The number of aryl methyl sites for hydroxylation is 2. The van der Waals surface area contributed by atoms with E-state index >= 15 is 0 Å². The van der Waals surface area contributed by atoms with Gasteiger partial charge in [-0.3, -0.25) is 19.6 Å². The lowest BCUT2D eigenvalue weighted by molar-refractivity contribution is -0.124. The van der Waals surface area contributed by atoms with Gasteiger partial charge in [-0.2, -0.15) is 5.10 Å². The molecule has 0 bridgehead atoms. The van der Waals surface area contributed by atoms with Gasteiger partial charge in [0.25, 0.3) is 5.91 Å². The molecule has 1 amide bonds. The van der Waals surface area contributed by atoms with E-state index in [1.54, 1.807) is 11.6 Å². The summed E-state index contributed by atoms with van der Waals surface area (Å²) in [5.74, 6) is -0.526. The third-order valence-corrected chi connectivity index (χ3v) is 5.53. The molecule has 3 rings (SSSR count). The van der Waals surface area contributed by atoms with Crippen LogP contribution in [0.15, 0.2) is 30.3 Å². The van der Waals surface area contributed by atoms with E-state index in [1.807, 2.05) is 23.9 Å². The van der Waals surface area contributed by atoms with E-state index in [1.165, 1.54) is 35.7 Å². The summed E-state index contributed by atoms with van der Waals surface area (Å²) in [5, 5.41) is 13.1. The van der Waals surface area contributed by atoms with Crippen molar-refractivity contribution in [1.29, 1.82) is 0 Å². The number of carbonyl (C=O) groups excluding carboxylic acids is 1. The molecule has 144 valence electrons. The quantitative estimate of drug-likeness (QED) is 0.467. The molecular weight excluding hydrogens is 340 g/mol. The lowest BCUT2D eigenvalue weighted by Gasteiger charge is -2.25. The van der Waals surface area contributed by atoms with Gasteiger partial charge in [0.15, 0.2) is 0 Å². The molecule has 1 unspecified atom stereocenters. The molecule has 0 saturated carbocycles. The molecule has 1 aliphatic rings. The average molecular weight is 368 g/mol. The summed E-state index contributed by atoms with van der Waals surface area (Å²) in [6, 6.07) is 8.76. The van der Waals surface area contributed by atoms with Crippen LogP contribution >= 0.6 is 0 Å². The number of nitrogens with zero attached hydrogens (tertiary/aromatic N) is 3. The lowest BCUT2D eigenvalue weighted by Crippen LogP contribution is -2.26. The summed E-state index contributed by atoms with van der Waals surface area (Å²) in [7, 11) is 2.00. The number of aromatic nitrogens is 2. The molecule has 1 atom stereocenters. The third kappa shape index (κ3) is 4.46. The van der Waals surface area contributed by atoms with Gasteiger partial charge >= 0.3 is 0 Å². The second-order valence-electron chi connectivity index (χ2n) is 7.19. The number of likely N-dealkylation sites (tertiary alicyclic amines) is 1. The van der Waals surface area contributed by atoms with Crippen molar-refractivity contribution < 1.29 is 10.0 Å². The maximum atomic E-state index is 11.1. The summed E-state index contributed by atoms with van der Waals surface area (Å²) in [5.41, 5.74) is 7.61. The Hall–Kier alpha value is -2.44. The lowest BCUT2D eigenvalue weighted by atomic mass is 10.0. The van der Waals surface area contributed by atoms with Crippen LogP contribution in [-0.2, 0) is 18.3 Å². The molecule has 0 aliphatic carbocycles. The van der Waals surface area contributed by atoms with E-state index in [-0.39, 0.29) is 0 Å². The predicted octanol–water partition coefficient (Wildman–Crippen LogP) is 2.94. The molecule has 1 saturated heterocycles. The summed E-state index contributed by atoms with van der Waals surface area (Å²) >= 11 is 0. The van der Waals surface area contributed by atoms with E-state index in [0.717, 1.165) is 30.8 Å². The Morgan fingerprint density at radius 2 is 2.07 bits per heavy atom. The minimum absolute atomic E-state index is 0.445. The summed E-state index contributed by atoms with van der Waals surface area (Å²) in [6.07, 6.45) is 6.42. The van der Waals surface area contributed by atoms with Crippen LogP contribution in [0.3, 0.4) is 0 Å². The van der Waals surface area contributed by atoms with E-state index < -0.39 is 5.91 Å². The first kappa shape index (κ1) is 19.3. The maximum Gasteiger partial charge on any atom is 0.267 e. The average Bonchev–Trinajstić information content (AvgIpc) is 3.23. The molecular formula is C21H28N4O2. The van der Waals surface area contributed by atoms with Crippen molar-refractivity contribution in [2.45, 2.75) is 39.2 Å². The Morgan fingerprint density at radius 1 is 1.33 bits per heavy atom. The van der Waals surface area contributed by atoms with E-state index in [2.05, 4.69) is 36.0 Å². The highest BCUT2D eigenvalue weighted by Gasteiger charge is 2.26. The van der Waals surface area contributed by atoms with Crippen molar-refractivity contribution >= 4 is 12.0 Å². The summed E-state index contributed by atoms with van der Waals surface area (Å²) < 4.78 is 1.97. The van der Waals surface area contributed by atoms with Gasteiger partial charge in [0, 0.05) is 31.4 Å². The Labute approximate surface area is 160 Å². The van der Waals surface area contributed by atoms with Gasteiger partial charge in [-0.05, 0) is 62.4 Å². The number of hydroxylamine groups is 1. The minimum atomic E-state index is -0.526. The van der Waals surface area contributed by atoms with Gasteiger partial charge < -0.3 is 0 Å². The molecule has 1 aliphatic heterocycles. The highest BCUT2D eigenvalue weighted by molar-refractivity contribution is 5.90. The van der Waals surface area contributed by atoms with Crippen LogP contribution in [0.4, 0.5) is 0 Å². The van der Waals surface area contributed by atoms with Gasteiger partial charge in [0.05, 0.1) is 5.69 Å². The molecule has 2 aromatic rings. The SMILES string of the molecule is Cc1nn(C)c(C)c1CCN1CCCC1c1ccc(/C=C/C(=O)NO)cc1. The number of rotatable bonds is 6. The zero-order chi connectivity index (χ0) is 19.4. The van der Waals surface area contributed by atoms with Crippen LogP contribution < -0.4 is 5.48 Å². The Kier molecular flexibility index (Phi) is 6.08. The van der Waals surface area contributed by atoms with Gasteiger partial charge in [-0.1, -0.05) is 24.3 Å². The van der Waals surface area contributed by atoms with Crippen molar-refractivity contribution in [3.05, 3.63) is 58.4 Å². The highest BCUT2D eigenvalue weighted by Crippen LogP contribution is 2.32. The molecule has 2 N–H and O–H groups in total. The van der Waals surface area contributed by atoms with Crippen LogP contribution in [0.1, 0.15) is 47.0 Å². The van der Waals surface area contributed by atoms with Crippen molar-refractivity contribution in [3.63, 3.8) is 0 Å². The zero-order valence-corrected chi connectivity index (χ0v) is 16.3. The van der Waals surface area contributed by atoms with Crippen LogP contribution in [0.25, 0.3) is 6.08 Å². The Bertz CT molecular complexity index is 823. The fourth-order valence-electron chi connectivity index (χ4n) is 3.94. The topological polar surface area (TPSA) is 70.4 Å². The largest absolute Gasteiger partial charge is 0.296 e. The molecule has 2 heterocycles. The van der Waals surface area contributed by atoms with E-state index in [9.17, 15) is 4.79 Å². The van der Waals surface area contributed by atoms with Crippen molar-refractivity contribution in [2.24, 2.45) is 7.05 Å². The fourth-order valence-corrected chi connectivity index (χ4v) is 3.94. The number of amides is 1. The first-order valence-corrected chi connectivity index (χ1v) is 9.45. The van der Waals surface area contributed by atoms with E-state index in [4.69, 9.17) is 5.21 Å². The molecule has 1 aromatic carbocycles. The molecule has 1 fully saturated rings. The number of hydrogen-bond acceptors (Lipinski definition) is 4. The number of benzene rings is 1. The molecule has 6 nitrogen and oxygen atoms in total. The second-order valence-corrected chi connectivity index (χ2v) is 7.19. The fraction of sp³-hybridized carbons (Fsp3) is 0.429. The summed E-state index contributed by atoms with van der Waals surface area (Å²) in [6.45, 7) is 6.39. The van der Waals surface area contributed by atoms with Gasteiger partial charge in [0.2, 0.25) is 0 Å². The summed E-state index contributed by atoms with van der Waals surface area (Å²) in [4.78, 5) is 13.6. The molecule has 0 radical (unpaired) electrons. The Balaban J connectivity index is 1.65. The van der Waals surface area contributed by atoms with Crippen LogP contribution in [-0.4, -0.2) is 38.9 Å². The van der Waals surface area contributed by atoms with Crippen LogP contribution in [0, 0.1) is 13.8 Å². The van der Waals surface area contributed by atoms with Crippen molar-refractivity contribution in [3.8, 4) is 0 Å². The molecule has 6 heteroatoms. The van der Waals surface area contributed by atoms with Crippen LogP contribution in [0.5, 0.6) is 0 Å². The normalized spacial score (nSPS) is 17.7. The minimum Gasteiger partial charge on any atom is -0.296 e. The molecule has 0 spiro atoms. The molecule has 1 aromatic heterocycles. The monoisotopic (exact) mass is 368 g/mol.